The van der Waals surface area contributed by atoms with E-state index in [4.69, 9.17) is 0 Å². The Balaban J connectivity index is 1.40. The summed E-state index contributed by atoms with van der Waals surface area (Å²) in [6.45, 7) is 2.15. The maximum atomic E-state index is 13.3. The number of fused-ring (bicyclic) bond motifs is 1. The van der Waals surface area contributed by atoms with E-state index in [2.05, 4.69) is 15.0 Å². The summed E-state index contributed by atoms with van der Waals surface area (Å²) < 4.78 is 52.8. The molecule has 0 aliphatic carbocycles. The van der Waals surface area contributed by atoms with E-state index >= 15 is 0 Å². The van der Waals surface area contributed by atoms with Crippen LogP contribution in [0.25, 0.3) is 0 Å². The number of nitrogens with zero attached hydrogens (tertiary/aromatic N) is 1. The van der Waals surface area contributed by atoms with Gasteiger partial charge in [0.15, 0.2) is 11.6 Å². The Kier molecular flexibility index (Phi) is 6.81. The number of rotatable bonds is 8. The van der Waals surface area contributed by atoms with Gasteiger partial charge in [-0.25, -0.2) is 17.2 Å². The molecule has 0 fully saturated rings. The lowest BCUT2D eigenvalue weighted by Crippen LogP contribution is -2.26. The minimum absolute atomic E-state index is 0.170. The number of nitrogens with one attached hydrogen (secondary N) is 2. The molecule has 0 spiro atoms. The van der Waals surface area contributed by atoms with Gasteiger partial charge in [0.25, 0.3) is 10.0 Å². The van der Waals surface area contributed by atoms with Gasteiger partial charge in [-0.15, -0.1) is 0 Å². The van der Waals surface area contributed by atoms with Crippen LogP contribution in [0.3, 0.4) is 0 Å². The number of carbonyl (C=O) groups excluding carboxylic acids is 1. The first kappa shape index (κ1) is 21.9. The summed E-state index contributed by atoms with van der Waals surface area (Å²) >= 11 is 0. The fourth-order valence-electron chi connectivity index (χ4n) is 3.19. The van der Waals surface area contributed by atoms with E-state index in [-0.39, 0.29) is 10.8 Å². The van der Waals surface area contributed by atoms with Crippen LogP contribution in [0.1, 0.15) is 49.8 Å². The van der Waals surface area contributed by atoms with Crippen molar-refractivity contribution in [1.29, 1.82) is 0 Å². The Morgan fingerprint density at radius 3 is 2.63 bits per heavy atom. The summed E-state index contributed by atoms with van der Waals surface area (Å²) in [6, 6.07) is 9.82. The van der Waals surface area contributed by atoms with Gasteiger partial charge in [-0.1, -0.05) is 24.6 Å². The third-order valence-corrected chi connectivity index (χ3v) is 6.21. The van der Waals surface area contributed by atoms with Gasteiger partial charge in [0.2, 0.25) is 5.91 Å². The molecule has 6 nitrogen and oxygen atoms in total. The van der Waals surface area contributed by atoms with Crippen LogP contribution in [0.4, 0.5) is 8.78 Å². The molecule has 2 aromatic rings. The SMILES string of the molecule is CC(NC(=O)CCCCCN=C1NS(=O)(=O)c2ccccc21)c1ccc(F)c(F)c1. The second-order valence-electron chi connectivity index (χ2n) is 7.11. The molecular formula is C21H23F2N3O3S. The lowest BCUT2D eigenvalue weighted by Gasteiger charge is -2.14. The van der Waals surface area contributed by atoms with Gasteiger partial charge in [-0.3, -0.25) is 14.5 Å². The molecular weight excluding hydrogens is 412 g/mol. The highest BCUT2D eigenvalue weighted by Gasteiger charge is 2.29. The quantitative estimate of drug-likeness (QED) is 0.623. The predicted molar refractivity (Wildman–Crippen MR) is 110 cm³/mol. The smallest absolute Gasteiger partial charge is 0.263 e. The minimum Gasteiger partial charge on any atom is -0.350 e. The molecule has 2 N–H and O–H groups in total. The maximum Gasteiger partial charge on any atom is 0.263 e. The number of aliphatic imine (C=N–C) groups is 1. The monoisotopic (exact) mass is 435 g/mol. The maximum absolute atomic E-state index is 13.3. The highest BCUT2D eigenvalue weighted by Crippen LogP contribution is 2.22. The molecule has 2 aromatic carbocycles. The molecule has 160 valence electrons. The van der Waals surface area contributed by atoms with Gasteiger partial charge in [0.1, 0.15) is 5.84 Å². The molecule has 1 aliphatic heterocycles. The number of carbonyl (C=O) groups is 1. The van der Waals surface area contributed by atoms with Gasteiger partial charge in [0.05, 0.1) is 10.9 Å². The summed E-state index contributed by atoms with van der Waals surface area (Å²) in [6.07, 6.45) is 2.40. The van der Waals surface area contributed by atoms with E-state index < -0.39 is 27.7 Å². The van der Waals surface area contributed by atoms with Crippen molar-refractivity contribution in [3.05, 3.63) is 65.2 Å². The zero-order chi connectivity index (χ0) is 21.7. The highest BCUT2D eigenvalue weighted by atomic mass is 32.2. The van der Waals surface area contributed by atoms with Crippen LogP contribution >= 0.6 is 0 Å². The van der Waals surface area contributed by atoms with Crippen LogP contribution in [0.15, 0.2) is 52.4 Å². The Morgan fingerprint density at radius 2 is 1.87 bits per heavy atom. The lowest BCUT2D eigenvalue weighted by atomic mass is 10.1. The Morgan fingerprint density at radius 1 is 1.10 bits per heavy atom. The summed E-state index contributed by atoms with van der Waals surface area (Å²) in [5.74, 6) is -1.68. The molecule has 1 heterocycles. The minimum atomic E-state index is -3.53. The van der Waals surface area contributed by atoms with Gasteiger partial charge in [-0.05, 0) is 49.6 Å². The first-order chi connectivity index (χ1) is 14.3. The third kappa shape index (κ3) is 5.21. The topological polar surface area (TPSA) is 87.6 Å². The van der Waals surface area contributed by atoms with E-state index in [1.54, 1.807) is 31.2 Å². The standard InChI is InChI=1S/C21H23F2N3O3S/c1-14(15-10-11-17(22)18(23)13-15)25-20(27)9-3-2-6-12-24-21-16-7-4-5-8-19(16)30(28,29)26-21/h4-5,7-8,10-11,13-14H,2-3,6,9,12H2,1H3,(H,24,26)(H,25,27). The number of benzene rings is 2. The second kappa shape index (κ2) is 9.34. The van der Waals surface area contributed by atoms with Gasteiger partial charge < -0.3 is 5.32 Å². The molecule has 30 heavy (non-hydrogen) atoms. The van der Waals surface area contributed by atoms with Crippen LogP contribution < -0.4 is 10.0 Å². The summed E-state index contributed by atoms with van der Waals surface area (Å²) in [4.78, 5) is 16.6. The zero-order valence-corrected chi connectivity index (χ0v) is 17.3. The van der Waals surface area contributed by atoms with Crippen molar-refractivity contribution < 1.29 is 22.0 Å². The van der Waals surface area contributed by atoms with E-state index in [9.17, 15) is 22.0 Å². The first-order valence-electron chi connectivity index (χ1n) is 9.69. The third-order valence-electron chi connectivity index (χ3n) is 4.82. The van der Waals surface area contributed by atoms with Gasteiger partial charge in [0, 0.05) is 18.5 Å². The molecule has 0 bridgehead atoms. The average molecular weight is 435 g/mol. The number of halogens is 2. The summed E-state index contributed by atoms with van der Waals surface area (Å²) in [5.41, 5.74) is 1.07. The Labute approximate surface area is 174 Å². The normalized spacial score (nSPS) is 16.7. The van der Waals surface area contributed by atoms with Crippen LogP contribution in [0, 0.1) is 11.6 Å². The average Bonchev–Trinajstić information content (AvgIpc) is 2.97. The van der Waals surface area contributed by atoms with E-state index in [0.29, 0.717) is 42.8 Å². The predicted octanol–water partition coefficient (Wildman–Crippen LogP) is 3.44. The van der Waals surface area contributed by atoms with Gasteiger partial charge >= 0.3 is 0 Å². The molecule has 0 saturated carbocycles. The number of amidine groups is 1. The molecule has 0 saturated heterocycles. The number of unbranched alkanes of at least 4 members (excludes halogenated alkanes) is 2. The van der Waals surface area contributed by atoms with Crippen LogP contribution in [-0.2, 0) is 14.8 Å². The number of hydrogen-bond donors (Lipinski definition) is 2. The van der Waals surface area contributed by atoms with E-state index in [1.807, 2.05) is 0 Å². The fraction of sp³-hybridized carbons (Fsp3) is 0.333. The fourth-order valence-corrected chi connectivity index (χ4v) is 4.45. The van der Waals surface area contributed by atoms with Crippen molar-refractivity contribution >= 4 is 21.8 Å². The van der Waals surface area contributed by atoms with Crippen LogP contribution in [-0.4, -0.2) is 26.7 Å². The number of amides is 1. The van der Waals surface area contributed by atoms with Crippen LogP contribution in [0.5, 0.6) is 0 Å². The summed E-state index contributed by atoms with van der Waals surface area (Å²) in [7, 11) is -3.53. The second-order valence-corrected chi connectivity index (χ2v) is 8.76. The van der Waals surface area contributed by atoms with Gasteiger partial charge in [-0.2, -0.15) is 0 Å². The molecule has 0 radical (unpaired) electrons. The lowest BCUT2D eigenvalue weighted by molar-refractivity contribution is -0.121. The molecule has 1 atom stereocenters. The number of sulfonamides is 1. The molecule has 9 heteroatoms. The molecule has 1 unspecified atom stereocenters. The Hall–Kier alpha value is -2.81. The van der Waals surface area contributed by atoms with E-state index in [1.165, 1.54) is 6.07 Å². The van der Waals surface area contributed by atoms with Crippen LogP contribution in [0.2, 0.25) is 0 Å². The van der Waals surface area contributed by atoms with Crippen molar-refractivity contribution in [3.8, 4) is 0 Å². The molecule has 0 aromatic heterocycles. The van der Waals surface area contributed by atoms with Crippen molar-refractivity contribution in [2.75, 3.05) is 6.54 Å². The molecule has 1 aliphatic rings. The first-order valence-corrected chi connectivity index (χ1v) is 11.2. The number of hydrogen-bond acceptors (Lipinski definition) is 4. The zero-order valence-electron chi connectivity index (χ0n) is 16.5. The van der Waals surface area contributed by atoms with E-state index in [0.717, 1.165) is 18.6 Å². The Bertz CT molecular complexity index is 1070. The van der Waals surface area contributed by atoms with Crippen molar-refractivity contribution in [2.45, 2.75) is 43.5 Å². The highest BCUT2D eigenvalue weighted by molar-refractivity contribution is 7.90. The van der Waals surface area contributed by atoms with Crippen molar-refractivity contribution in [3.63, 3.8) is 0 Å². The van der Waals surface area contributed by atoms with Crippen molar-refractivity contribution in [2.24, 2.45) is 4.99 Å². The molecule has 1 amide bonds. The molecule has 3 rings (SSSR count). The largest absolute Gasteiger partial charge is 0.350 e. The van der Waals surface area contributed by atoms with Crippen molar-refractivity contribution in [1.82, 2.24) is 10.0 Å². The summed E-state index contributed by atoms with van der Waals surface area (Å²) in [5, 5.41) is 2.77.